The Labute approximate surface area is 155 Å². The Morgan fingerprint density at radius 2 is 1.73 bits per heavy atom. The second kappa shape index (κ2) is 7.93. The minimum absolute atomic E-state index is 0.142. The zero-order chi connectivity index (χ0) is 18.5. The first kappa shape index (κ1) is 17.8. The largest absolute Gasteiger partial charge is 0.461 e. The van der Waals surface area contributed by atoms with Gasteiger partial charge in [0.1, 0.15) is 0 Å². The second-order valence-electron chi connectivity index (χ2n) is 5.44. The van der Waals surface area contributed by atoms with Gasteiger partial charge < -0.3 is 10.1 Å². The lowest BCUT2D eigenvalue weighted by Crippen LogP contribution is -2.17. The second-order valence-corrected chi connectivity index (χ2v) is 6.44. The maximum atomic E-state index is 12.1. The minimum atomic E-state index is -0.428. The molecule has 3 aromatic rings. The molecule has 0 radical (unpaired) electrons. The number of benzene rings is 2. The first-order valence-corrected chi connectivity index (χ1v) is 9.01. The number of ether oxygens (including phenoxy) is 1. The number of esters is 1. The predicted molar refractivity (Wildman–Crippen MR) is 102 cm³/mol. The Bertz CT molecular complexity index is 918. The molecule has 0 aliphatic carbocycles. The average Bonchev–Trinajstić information content (AvgIpc) is 3.14. The number of hydrogen-bond acceptors (Lipinski definition) is 5. The van der Waals surface area contributed by atoms with E-state index in [1.807, 2.05) is 42.5 Å². The fourth-order valence-electron chi connectivity index (χ4n) is 2.50. The van der Waals surface area contributed by atoms with Gasteiger partial charge in [0.05, 0.1) is 17.2 Å². The summed E-state index contributed by atoms with van der Waals surface area (Å²) in [5.74, 6) is -0.570. The number of thiazole rings is 1. The van der Waals surface area contributed by atoms with Crippen LogP contribution in [0.15, 0.2) is 54.6 Å². The third kappa shape index (κ3) is 3.65. The number of rotatable bonds is 5. The van der Waals surface area contributed by atoms with Crippen molar-refractivity contribution in [3.8, 4) is 21.7 Å². The first-order valence-electron chi connectivity index (χ1n) is 8.20. The molecule has 0 spiro atoms. The van der Waals surface area contributed by atoms with Crippen molar-refractivity contribution in [2.45, 2.75) is 6.92 Å². The standard InChI is InChI=1S/C20H18N2O3S/c1-3-25-20(24)19-22-16(13-7-5-4-6-8-13)17(26-19)14-9-11-15(12-10-14)18(23)21-2/h4-12H,3H2,1-2H3,(H,21,23). The summed E-state index contributed by atoms with van der Waals surface area (Å²) in [6.07, 6.45) is 0. The molecule has 0 aliphatic heterocycles. The summed E-state index contributed by atoms with van der Waals surface area (Å²) < 4.78 is 5.09. The van der Waals surface area contributed by atoms with Crippen LogP contribution in [0.5, 0.6) is 0 Å². The third-order valence-electron chi connectivity index (χ3n) is 3.76. The van der Waals surface area contributed by atoms with E-state index in [2.05, 4.69) is 10.3 Å². The van der Waals surface area contributed by atoms with Crippen molar-refractivity contribution < 1.29 is 14.3 Å². The quantitative estimate of drug-likeness (QED) is 0.693. The number of carbonyl (C=O) groups is 2. The molecule has 26 heavy (non-hydrogen) atoms. The highest BCUT2D eigenvalue weighted by molar-refractivity contribution is 7.17. The predicted octanol–water partition coefficient (Wildman–Crippen LogP) is 4.01. The minimum Gasteiger partial charge on any atom is -0.461 e. The van der Waals surface area contributed by atoms with Gasteiger partial charge in [-0.1, -0.05) is 42.5 Å². The molecule has 0 saturated carbocycles. The van der Waals surface area contributed by atoms with Gasteiger partial charge in [0, 0.05) is 18.2 Å². The van der Waals surface area contributed by atoms with Crippen LogP contribution >= 0.6 is 11.3 Å². The van der Waals surface area contributed by atoms with Gasteiger partial charge in [0.25, 0.3) is 5.91 Å². The van der Waals surface area contributed by atoms with E-state index in [-0.39, 0.29) is 5.91 Å². The molecule has 132 valence electrons. The highest BCUT2D eigenvalue weighted by Crippen LogP contribution is 2.37. The molecule has 0 bridgehead atoms. The van der Waals surface area contributed by atoms with Gasteiger partial charge in [-0.25, -0.2) is 9.78 Å². The van der Waals surface area contributed by atoms with Crippen LogP contribution in [0.25, 0.3) is 21.7 Å². The first-order chi connectivity index (χ1) is 12.6. The van der Waals surface area contributed by atoms with Crippen molar-refractivity contribution >= 4 is 23.2 Å². The average molecular weight is 366 g/mol. The zero-order valence-electron chi connectivity index (χ0n) is 14.5. The van der Waals surface area contributed by atoms with Gasteiger partial charge in [0.15, 0.2) is 0 Å². The number of carbonyl (C=O) groups excluding carboxylic acids is 2. The molecule has 1 amide bonds. The van der Waals surface area contributed by atoms with Crippen LogP contribution < -0.4 is 5.32 Å². The molecule has 1 heterocycles. The van der Waals surface area contributed by atoms with Gasteiger partial charge in [-0.15, -0.1) is 11.3 Å². The van der Waals surface area contributed by atoms with Crippen molar-refractivity contribution in [2.24, 2.45) is 0 Å². The molecule has 0 saturated heterocycles. The Kier molecular flexibility index (Phi) is 5.43. The maximum Gasteiger partial charge on any atom is 0.367 e. The van der Waals surface area contributed by atoms with Crippen LogP contribution in [0.3, 0.4) is 0 Å². The van der Waals surface area contributed by atoms with Crippen LogP contribution in [0, 0.1) is 0 Å². The fraction of sp³-hybridized carbons (Fsp3) is 0.150. The van der Waals surface area contributed by atoms with Crippen LogP contribution in [-0.2, 0) is 4.74 Å². The molecule has 0 atom stereocenters. The summed E-state index contributed by atoms with van der Waals surface area (Å²) in [7, 11) is 1.60. The lowest BCUT2D eigenvalue weighted by Gasteiger charge is -2.04. The van der Waals surface area contributed by atoms with E-state index in [9.17, 15) is 9.59 Å². The molecule has 0 fully saturated rings. The highest BCUT2D eigenvalue weighted by atomic mass is 32.1. The number of nitrogens with one attached hydrogen (secondary N) is 1. The SMILES string of the molecule is CCOC(=O)c1nc(-c2ccccc2)c(-c2ccc(C(=O)NC)cc2)s1. The van der Waals surface area contributed by atoms with Crippen molar-refractivity contribution in [3.63, 3.8) is 0 Å². The van der Waals surface area contributed by atoms with Gasteiger partial charge >= 0.3 is 5.97 Å². The number of nitrogens with zero attached hydrogens (tertiary/aromatic N) is 1. The maximum absolute atomic E-state index is 12.1. The molecule has 5 nitrogen and oxygen atoms in total. The summed E-state index contributed by atoms with van der Waals surface area (Å²) in [5, 5.41) is 2.92. The van der Waals surface area contributed by atoms with Crippen LogP contribution in [0.2, 0.25) is 0 Å². The van der Waals surface area contributed by atoms with Crippen molar-refractivity contribution in [2.75, 3.05) is 13.7 Å². The normalized spacial score (nSPS) is 10.4. The molecule has 1 N–H and O–H groups in total. The lowest BCUT2D eigenvalue weighted by molar-refractivity contribution is 0.0526. The Morgan fingerprint density at radius 1 is 1.04 bits per heavy atom. The number of hydrogen-bond donors (Lipinski definition) is 1. The van der Waals surface area contributed by atoms with Crippen LogP contribution in [-0.4, -0.2) is 30.5 Å². The molecule has 1 aromatic heterocycles. The van der Waals surface area contributed by atoms with Gasteiger partial charge in [-0.2, -0.15) is 0 Å². The zero-order valence-corrected chi connectivity index (χ0v) is 15.3. The van der Waals surface area contributed by atoms with Crippen LogP contribution in [0.1, 0.15) is 27.1 Å². The van der Waals surface area contributed by atoms with Gasteiger partial charge in [-0.05, 0) is 24.6 Å². The summed E-state index contributed by atoms with van der Waals surface area (Å²) in [6.45, 7) is 2.07. The summed E-state index contributed by atoms with van der Waals surface area (Å²) in [4.78, 5) is 29.2. The van der Waals surface area contributed by atoms with Crippen LogP contribution in [0.4, 0.5) is 0 Å². The number of aromatic nitrogens is 1. The summed E-state index contributed by atoms with van der Waals surface area (Å²) in [6, 6.07) is 16.9. The van der Waals surface area contributed by atoms with E-state index < -0.39 is 5.97 Å². The Hall–Kier alpha value is -2.99. The smallest absolute Gasteiger partial charge is 0.367 e. The lowest BCUT2D eigenvalue weighted by atomic mass is 10.1. The molecule has 0 unspecified atom stereocenters. The highest BCUT2D eigenvalue weighted by Gasteiger charge is 2.20. The van der Waals surface area contributed by atoms with E-state index >= 15 is 0 Å². The summed E-state index contributed by atoms with van der Waals surface area (Å²) in [5.41, 5.74) is 3.12. The Morgan fingerprint density at radius 3 is 2.35 bits per heavy atom. The topological polar surface area (TPSA) is 68.3 Å². The van der Waals surface area contributed by atoms with E-state index in [0.717, 1.165) is 21.7 Å². The molecule has 3 rings (SSSR count). The monoisotopic (exact) mass is 366 g/mol. The van der Waals surface area contributed by atoms with E-state index in [1.54, 1.807) is 26.1 Å². The third-order valence-corrected chi connectivity index (χ3v) is 4.85. The van der Waals surface area contributed by atoms with E-state index in [0.29, 0.717) is 17.2 Å². The van der Waals surface area contributed by atoms with Crippen molar-refractivity contribution in [3.05, 3.63) is 65.2 Å². The van der Waals surface area contributed by atoms with E-state index in [1.165, 1.54) is 11.3 Å². The molecule has 6 heteroatoms. The van der Waals surface area contributed by atoms with Gasteiger partial charge in [0.2, 0.25) is 5.01 Å². The van der Waals surface area contributed by atoms with Crippen molar-refractivity contribution in [1.82, 2.24) is 10.3 Å². The molecule has 2 aromatic carbocycles. The van der Waals surface area contributed by atoms with Gasteiger partial charge in [-0.3, -0.25) is 4.79 Å². The fourth-order valence-corrected chi connectivity index (χ4v) is 3.49. The summed E-state index contributed by atoms with van der Waals surface area (Å²) >= 11 is 1.29. The Balaban J connectivity index is 2.07. The van der Waals surface area contributed by atoms with E-state index in [4.69, 9.17) is 4.74 Å². The van der Waals surface area contributed by atoms with Crippen molar-refractivity contribution in [1.29, 1.82) is 0 Å². The molecule has 0 aliphatic rings. The molecular weight excluding hydrogens is 348 g/mol. The number of amides is 1. The molecular formula is C20H18N2O3S.